The Morgan fingerprint density at radius 2 is 2.17 bits per heavy atom. The van der Waals surface area contributed by atoms with E-state index >= 15 is 0 Å². The number of rotatable bonds is 7. The van der Waals surface area contributed by atoms with Crippen molar-refractivity contribution >= 4 is 11.7 Å². The summed E-state index contributed by atoms with van der Waals surface area (Å²) >= 11 is 0. The molecule has 2 heterocycles. The van der Waals surface area contributed by atoms with Gasteiger partial charge in [0.15, 0.2) is 0 Å². The highest BCUT2D eigenvalue weighted by Gasteiger charge is 2.30. The second-order valence-electron chi connectivity index (χ2n) is 6.08. The van der Waals surface area contributed by atoms with Gasteiger partial charge >= 0.3 is 0 Å². The number of ether oxygens (including phenoxy) is 1. The molecule has 0 radical (unpaired) electrons. The molecule has 0 spiro atoms. The number of nitrogens with zero attached hydrogens (tertiary/aromatic N) is 1. The molecule has 2 fully saturated rings. The third kappa shape index (κ3) is 4.45. The van der Waals surface area contributed by atoms with Crippen LogP contribution < -0.4 is 10.6 Å². The highest BCUT2D eigenvalue weighted by Crippen LogP contribution is 2.31. The van der Waals surface area contributed by atoms with Gasteiger partial charge in [-0.05, 0) is 30.9 Å². The quantitative estimate of drug-likeness (QED) is 0.807. The summed E-state index contributed by atoms with van der Waals surface area (Å²) in [5.41, 5.74) is 1.71. The molecule has 126 valence electrons. The van der Waals surface area contributed by atoms with E-state index in [-0.39, 0.29) is 30.8 Å². The maximum absolute atomic E-state index is 12.3. The minimum Gasteiger partial charge on any atom is -0.381 e. The van der Waals surface area contributed by atoms with Crippen LogP contribution in [0.5, 0.6) is 0 Å². The summed E-state index contributed by atoms with van der Waals surface area (Å²) in [6.07, 6.45) is 0.348. The predicted molar refractivity (Wildman–Crippen MR) is 81.5 cm³/mol. The minimum atomic E-state index is -2.40. The van der Waals surface area contributed by atoms with Crippen molar-refractivity contribution in [3.63, 3.8) is 0 Å². The Morgan fingerprint density at radius 3 is 2.83 bits per heavy atom. The molecule has 5 nitrogen and oxygen atoms in total. The molecule has 7 heteroatoms. The van der Waals surface area contributed by atoms with Gasteiger partial charge in [0.2, 0.25) is 5.91 Å². The van der Waals surface area contributed by atoms with E-state index < -0.39 is 6.43 Å². The number of halogens is 2. The monoisotopic (exact) mass is 325 g/mol. The van der Waals surface area contributed by atoms with Gasteiger partial charge in [-0.1, -0.05) is 6.07 Å². The number of aromatic nitrogens is 1. The van der Waals surface area contributed by atoms with Crippen molar-refractivity contribution in [1.82, 2.24) is 10.3 Å². The summed E-state index contributed by atoms with van der Waals surface area (Å²) in [7, 11) is 0. The lowest BCUT2D eigenvalue weighted by Gasteiger charge is -2.16. The van der Waals surface area contributed by atoms with Gasteiger partial charge in [-0.25, -0.2) is 13.8 Å². The van der Waals surface area contributed by atoms with Crippen LogP contribution in [-0.2, 0) is 16.1 Å². The summed E-state index contributed by atoms with van der Waals surface area (Å²) in [5, 5.41) is 5.52. The summed E-state index contributed by atoms with van der Waals surface area (Å²) in [4.78, 5) is 16.3. The molecule has 1 unspecified atom stereocenters. The Morgan fingerprint density at radius 1 is 1.35 bits per heavy atom. The zero-order chi connectivity index (χ0) is 16.2. The van der Waals surface area contributed by atoms with E-state index in [0.717, 1.165) is 24.8 Å². The number of hydrogen-bond donors (Lipinski definition) is 2. The smallest absolute Gasteiger partial charge is 0.250 e. The molecule has 0 bridgehead atoms. The first-order valence-corrected chi connectivity index (χ1v) is 8.01. The molecule has 1 aliphatic heterocycles. The number of carbonyl (C=O) groups is 1. The fourth-order valence-electron chi connectivity index (χ4n) is 2.75. The van der Waals surface area contributed by atoms with E-state index in [4.69, 9.17) is 4.74 Å². The maximum Gasteiger partial charge on any atom is 0.250 e. The normalized spacial score (nSPS) is 20.9. The summed E-state index contributed by atoms with van der Waals surface area (Å²) in [6, 6.07) is 3.71. The first-order chi connectivity index (χ1) is 11.1. The predicted octanol–water partition coefficient (Wildman–Crippen LogP) is 2.29. The standard InChI is InChI=1S/C16H21F2N3O2/c17-14(18)8-19-7-13-12(11-5-6-23-9-11)3-4-15(20-13)21-16(22)10-1-2-10/h3-4,10-11,14,19H,1-2,5-9H2,(H,20,21,22). The molecule has 2 N–H and O–H groups in total. The second-order valence-corrected chi connectivity index (χ2v) is 6.08. The van der Waals surface area contributed by atoms with E-state index in [9.17, 15) is 13.6 Å². The molecular formula is C16H21F2N3O2. The van der Waals surface area contributed by atoms with E-state index in [1.807, 2.05) is 6.07 Å². The molecule has 1 aliphatic carbocycles. The van der Waals surface area contributed by atoms with Gasteiger partial charge in [0.25, 0.3) is 6.43 Å². The van der Waals surface area contributed by atoms with Crippen LogP contribution in [0.2, 0.25) is 0 Å². The lowest BCUT2D eigenvalue weighted by molar-refractivity contribution is -0.117. The van der Waals surface area contributed by atoms with Gasteiger partial charge < -0.3 is 15.4 Å². The largest absolute Gasteiger partial charge is 0.381 e. The van der Waals surface area contributed by atoms with Crippen molar-refractivity contribution in [2.24, 2.45) is 5.92 Å². The van der Waals surface area contributed by atoms with Gasteiger partial charge in [0.1, 0.15) is 5.82 Å². The highest BCUT2D eigenvalue weighted by molar-refractivity contribution is 5.93. The molecule has 1 saturated heterocycles. The minimum absolute atomic E-state index is 0.0130. The van der Waals surface area contributed by atoms with Gasteiger partial charge in [0, 0.05) is 25.0 Å². The van der Waals surface area contributed by atoms with Crippen LogP contribution in [0, 0.1) is 5.92 Å². The van der Waals surface area contributed by atoms with Crippen LogP contribution in [0.15, 0.2) is 12.1 Å². The average Bonchev–Trinajstić information content (AvgIpc) is 3.23. The number of amides is 1. The third-order valence-corrected chi connectivity index (χ3v) is 4.17. The van der Waals surface area contributed by atoms with Gasteiger partial charge in [-0.15, -0.1) is 0 Å². The van der Waals surface area contributed by atoms with Gasteiger partial charge in [0.05, 0.1) is 18.8 Å². The van der Waals surface area contributed by atoms with E-state index in [1.165, 1.54) is 0 Å². The van der Waals surface area contributed by atoms with Gasteiger partial charge in [-0.3, -0.25) is 4.79 Å². The van der Waals surface area contributed by atoms with Crippen molar-refractivity contribution in [3.05, 3.63) is 23.4 Å². The molecule has 1 aromatic rings. The van der Waals surface area contributed by atoms with Crippen LogP contribution in [0.25, 0.3) is 0 Å². The molecular weight excluding hydrogens is 304 g/mol. The van der Waals surface area contributed by atoms with Crippen LogP contribution in [0.1, 0.15) is 36.4 Å². The highest BCUT2D eigenvalue weighted by atomic mass is 19.3. The molecule has 0 aromatic carbocycles. The first kappa shape index (κ1) is 16.3. The zero-order valence-electron chi connectivity index (χ0n) is 12.9. The fourth-order valence-corrected chi connectivity index (χ4v) is 2.75. The molecule has 1 aromatic heterocycles. The fraction of sp³-hybridized carbons (Fsp3) is 0.625. The van der Waals surface area contributed by atoms with Gasteiger partial charge in [-0.2, -0.15) is 0 Å². The third-order valence-electron chi connectivity index (χ3n) is 4.17. The number of alkyl halides is 2. The van der Waals surface area contributed by atoms with Crippen LogP contribution in [-0.4, -0.2) is 37.1 Å². The molecule has 3 rings (SSSR count). The molecule has 23 heavy (non-hydrogen) atoms. The van der Waals surface area contributed by atoms with Crippen LogP contribution in [0.3, 0.4) is 0 Å². The molecule has 1 saturated carbocycles. The maximum atomic E-state index is 12.3. The molecule has 1 atom stereocenters. The van der Waals surface area contributed by atoms with E-state index in [1.54, 1.807) is 6.07 Å². The van der Waals surface area contributed by atoms with Crippen LogP contribution in [0.4, 0.5) is 14.6 Å². The van der Waals surface area contributed by atoms with E-state index in [0.29, 0.717) is 24.7 Å². The Balaban J connectivity index is 1.73. The first-order valence-electron chi connectivity index (χ1n) is 8.01. The Bertz CT molecular complexity index is 558. The number of nitrogens with one attached hydrogen (secondary N) is 2. The Labute approximate surface area is 133 Å². The molecule has 2 aliphatic rings. The average molecular weight is 325 g/mol. The lowest BCUT2D eigenvalue weighted by atomic mass is 9.96. The van der Waals surface area contributed by atoms with E-state index in [2.05, 4.69) is 15.6 Å². The number of pyridine rings is 1. The topological polar surface area (TPSA) is 63.2 Å². The van der Waals surface area contributed by atoms with Crippen molar-refractivity contribution in [1.29, 1.82) is 0 Å². The number of anilines is 1. The number of carbonyl (C=O) groups excluding carboxylic acids is 1. The second kappa shape index (κ2) is 7.31. The lowest BCUT2D eigenvalue weighted by Crippen LogP contribution is -2.23. The summed E-state index contributed by atoms with van der Waals surface area (Å²) in [6.45, 7) is 1.20. The van der Waals surface area contributed by atoms with Crippen molar-refractivity contribution in [2.45, 2.75) is 38.2 Å². The van der Waals surface area contributed by atoms with Crippen LogP contribution >= 0.6 is 0 Å². The number of hydrogen-bond acceptors (Lipinski definition) is 4. The summed E-state index contributed by atoms with van der Waals surface area (Å²) < 4.78 is 30.1. The Hall–Kier alpha value is -1.60. The van der Waals surface area contributed by atoms with Crippen molar-refractivity contribution in [3.8, 4) is 0 Å². The molecule has 1 amide bonds. The van der Waals surface area contributed by atoms with Crippen molar-refractivity contribution in [2.75, 3.05) is 25.1 Å². The Kier molecular flexibility index (Phi) is 5.17. The zero-order valence-corrected chi connectivity index (χ0v) is 12.9. The summed E-state index contributed by atoms with van der Waals surface area (Å²) in [5.74, 6) is 0.804. The SMILES string of the molecule is O=C(Nc1ccc(C2CCOC2)c(CNCC(F)F)n1)C1CC1. The van der Waals surface area contributed by atoms with Crippen molar-refractivity contribution < 1.29 is 18.3 Å².